The van der Waals surface area contributed by atoms with Gasteiger partial charge in [-0.25, -0.2) is 4.39 Å². The molecular weight excluding hydrogens is 193 g/mol. The van der Waals surface area contributed by atoms with Crippen LogP contribution in [0.4, 0.5) is 10.1 Å². The molecule has 1 aromatic rings. The smallest absolute Gasteiger partial charge is 0.143 e. The second kappa shape index (κ2) is 4.09. The molecule has 82 valence electrons. The molecule has 1 fully saturated rings. The van der Waals surface area contributed by atoms with Crippen LogP contribution in [0.15, 0.2) is 18.2 Å². The monoisotopic (exact) mass is 209 g/mol. The molecular formula is C12H16FNO. The Balaban J connectivity index is 2.17. The van der Waals surface area contributed by atoms with Crippen molar-refractivity contribution in [1.82, 2.24) is 0 Å². The molecule has 15 heavy (non-hydrogen) atoms. The Hall–Kier alpha value is -1.25. The van der Waals surface area contributed by atoms with Crippen LogP contribution in [0.2, 0.25) is 0 Å². The van der Waals surface area contributed by atoms with Gasteiger partial charge in [-0.1, -0.05) is 0 Å². The SMILES string of the molecule is CC(C)Nc1cc(F)ccc1OC1CC1. The lowest BCUT2D eigenvalue weighted by atomic mass is 10.2. The molecule has 1 N–H and O–H groups in total. The Bertz CT molecular complexity index is 347. The van der Waals surface area contributed by atoms with Crippen LogP contribution in [0.3, 0.4) is 0 Å². The standard InChI is InChI=1S/C12H16FNO/c1-8(2)14-11-7-9(13)3-6-12(11)15-10-4-5-10/h3,6-8,10,14H,4-5H2,1-2H3. The molecule has 0 bridgehead atoms. The Labute approximate surface area is 89.4 Å². The minimum Gasteiger partial charge on any atom is -0.488 e. The maximum Gasteiger partial charge on any atom is 0.143 e. The average molecular weight is 209 g/mol. The number of nitrogens with one attached hydrogen (secondary N) is 1. The molecule has 1 saturated carbocycles. The van der Waals surface area contributed by atoms with E-state index in [-0.39, 0.29) is 11.9 Å². The summed E-state index contributed by atoms with van der Waals surface area (Å²) in [5.41, 5.74) is 0.747. The van der Waals surface area contributed by atoms with Crippen LogP contribution in [0.5, 0.6) is 5.75 Å². The maximum atomic E-state index is 13.1. The van der Waals surface area contributed by atoms with E-state index in [1.165, 1.54) is 12.1 Å². The zero-order chi connectivity index (χ0) is 10.8. The van der Waals surface area contributed by atoms with E-state index in [4.69, 9.17) is 4.74 Å². The molecule has 1 aliphatic rings. The van der Waals surface area contributed by atoms with Gasteiger partial charge in [-0.15, -0.1) is 0 Å². The third-order valence-electron chi connectivity index (χ3n) is 2.20. The summed E-state index contributed by atoms with van der Waals surface area (Å²) in [6.07, 6.45) is 2.56. The van der Waals surface area contributed by atoms with Gasteiger partial charge in [-0.3, -0.25) is 0 Å². The number of anilines is 1. The first-order valence-electron chi connectivity index (χ1n) is 5.38. The number of hydrogen-bond acceptors (Lipinski definition) is 2. The number of ether oxygens (including phenoxy) is 1. The number of halogens is 1. The molecule has 0 aromatic heterocycles. The van der Waals surface area contributed by atoms with Gasteiger partial charge in [-0.05, 0) is 38.8 Å². The van der Waals surface area contributed by atoms with Gasteiger partial charge in [-0.2, -0.15) is 0 Å². The fourth-order valence-corrected chi connectivity index (χ4v) is 1.39. The van der Waals surface area contributed by atoms with Crippen LogP contribution in [-0.2, 0) is 0 Å². The predicted octanol–water partition coefficient (Wildman–Crippen LogP) is 3.19. The van der Waals surface area contributed by atoms with Gasteiger partial charge >= 0.3 is 0 Å². The van der Waals surface area contributed by atoms with Crippen LogP contribution in [0.1, 0.15) is 26.7 Å². The highest BCUT2D eigenvalue weighted by Crippen LogP contribution is 2.32. The third kappa shape index (κ3) is 2.85. The molecule has 0 aliphatic heterocycles. The third-order valence-corrected chi connectivity index (χ3v) is 2.20. The van der Waals surface area contributed by atoms with Gasteiger partial charge in [0.1, 0.15) is 11.6 Å². The van der Waals surface area contributed by atoms with Crippen LogP contribution in [-0.4, -0.2) is 12.1 Å². The summed E-state index contributed by atoms with van der Waals surface area (Å²) in [6, 6.07) is 4.88. The fourth-order valence-electron chi connectivity index (χ4n) is 1.39. The quantitative estimate of drug-likeness (QED) is 0.822. The summed E-state index contributed by atoms with van der Waals surface area (Å²) < 4.78 is 18.7. The van der Waals surface area contributed by atoms with E-state index in [2.05, 4.69) is 5.32 Å². The lowest BCUT2D eigenvalue weighted by molar-refractivity contribution is 0.304. The molecule has 2 nitrogen and oxygen atoms in total. The van der Waals surface area contributed by atoms with Crippen molar-refractivity contribution in [2.75, 3.05) is 5.32 Å². The highest BCUT2D eigenvalue weighted by atomic mass is 19.1. The first kappa shape index (κ1) is 10.3. The summed E-state index contributed by atoms with van der Waals surface area (Å²) in [6.45, 7) is 4.04. The van der Waals surface area contributed by atoms with Gasteiger partial charge < -0.3 is 10.1 Å². The average Bonchev–Trinajstić information content (AvgIpc) is 2.92. The number of rotatable bonds is 4. The zero-order valence-corrected chi connectivity index (χ0v) is 9.09. The van der Waals surface area contributed by atoms with Crippen molar-refractivity contribution in [2.45, 2.75) is 38.8 Å². The molecule has 1 aromatic carbocycles. The van der Waals surface area contributed by atoms with Crippen LogP contribution in [0, 0.1) is 5.82 Å². The molecule has 1 aliphatic carbocycles. The number of benzene rings is 1. The van der Waals surface area contributed by atoms with Crippen molar-refractivity contribution in [3.8, 4) is 5.75 Å². The Morgan fingerprint density at radius 2 is 2.13 bits per heavy atom. The Morgan fingerprint density at radius 3 is 2.73 bits per heavy atom. The Morgan fingerprint density at radius 1 is 1.40 bits per heavy atom. The van der Waals surface area contributed by atoms with Gasteiger partial charge in [0.25, 0.3) is 0 Å². The van der Waals surface area contributed by atoms with Crippen molar-refractivity contribution in [3.63, 3.8) is 0 Å². The van der Waals surface area contributed by atoms with E-state index in [0.29, 0.717) is 6.10 Å². The Kier molecular flexibility index (Phi) is 2.80. The van der Waals surface area contributed by atoms with Crippen molar-refractivity contribution in [3.05, 3.63) is 24.0 Å². The fraction of sp³-hybridized carbons (Fsp3) is 0.500. The predicted molar refractivity (Wildman–Crippen MR) is 58.8 cm³/mol. The molecule has 0 amide bonds. The van der Waals surface area contributed by atoms with E-state index in [9.17, 15) is 4.39 Å². The van der Waals surface area contributed by atoms with Gasteiger partial charge in [0, 0.05) is 12.1 Å². The van der Waals surface area contributed by atoms with Crippen LogP contribution >= 0.6 is 0 Å². The summed E-state index contributed by atoms with van der Waals surface area (Å²) in [7, 11) is 0. The molecule has 0 heterocycles. The zero-order valence-electron chi connectivity index (χ0n) is 9.09. The van der Waals surface area contributed by atoms with E-state index in [1.54, 1.807) is 6.07 Å². The summed E-state index contributed by atoms with van der Waals surface area (Å²) in [4.78, 5) is 0. The number of hydrogen-bond donors (Lipinski definition) is 1. The second-order valence-corrected chi connectivity index (χ2v) is 4.26. The lowest BCUT2D eigenvalue weighted by Gasteiger charge is -2.15. The molecule has 0 unspecified atom stereocenters. The minimum absolute atomic E-state index is 0.235. The van der Waals surface area contributed by atoms with Crippen LogP contribution in [0.25, 0.3) is 0 Å². The topological polar surface area (TPSA) is 21.3 Å². The normalized spacial score (nSPS) is 15.5. The van der Waals surface area contributed by atoms with E-state index in [0.717, 1.165) is 24.3 Å². The largest absolute Gasteiger partial charge is 0.488 e. The van der Waals surface area contributed by atoms with E-state index >= 15 is 0 Å². The molecule has 0 saturated heterocycles. The van der Waals surface area contributed by atoms with Gasteiger partial charge in [0.05, 0.1) is 11.8 Å². The molecule has 3 heteroatoms. The summed E-state index contributed by atoms with van der Waals surface area (Å²) >= 11 is 0. The van der Waals surface area contributed by atoms with Crippen molar-refractivity contribution < 1.29 is 9.13 Å². The van der Waals surface area contributed by atoms with Gasteiger partial charge in [0.2, 0.25) is 0 Å². The summed E-state index contributed by atoms with van der Waals surface area (Å²) in [5, 5.41) is 3.18. The van der Waals surface area contributed by atoms with E-state index < -0.39 is 0 Å². The highest BCUT2D eigenvalue weighted by Gasteiger charge is 2.24. The minimum atomic E-state index is -0.235. The first-order valence-corrected chi connectivity index (χ1v) is 5.38. The molecule has 0 radical (unpaired) electrons. The van der Waals surface area contributed by atoms with Crippen molar-refractivity contribution in [1.29, 1.82) is 0 Å². The van der Waals surface area contributed by atoms with Crippen molar-refractivity contribution in [2.24, 2.45) is 0 Å². The first-order chi connectivity index (χ1) is 7.15. The molecule has 2 rings (SSSR count). The highest BCUT2D eigenvalue weighted by molar-refractivity contribution is 5.57. The second-order valence-electron chi connectivity index (χ2n) is 4.26. The summed E-state index contributed by atoms with van der Waals surface area (Å²) in [5.74, 6) is 0.522. The van der Waals surface area contributed by atoms with E-state index in [1.807, 2.05) is 13.8 Å². The van der Waals surface area contributed by atoms with Crippen LogP contribution < -0.4 is 10.1 Å². The molecule has 0 atom stereocenters. The van der Waals surface area contributed by atoms with Crippen molar-refractivity contribution >= 4 is 5.69 Å². The maximum absolute atomic E-state index is 13.1. The van der Waals surface area contributed by atoms with Gasteiger partial charge in [0.15, 0.2) is 0 Å². The molecule has 0 spiro atoms. The lowest BCUT2D eigenvalue weighted by Crippen LogP contribution is -2.11.